The zero-order valence-corrected chi connectivity index (χ0v) is 12.6. The van der Waals surface area contributed by atoms with Crippen molar-refractivity contribution in [2.45, 2.75) is 39.3 Å². The number of amides is 1. The van der Waals surface area contributed by atoms with Gasteiger partial charge in [-0.2, -0.15) is 0 Å². The van der Waals surface area contributed by atoms with Gasteiger partial charge in [0.25, 0.3) is 0 Å². The lowest BCUT2D eigenvalue weighted by Crippen LogP contribution is -2.53. The molecule has 0 aliphatic rings. The standard InChI is InChI=1S/C15H24N2O3/c1-10-5-6-11(2)13(7-10)20-9-12(18)8-17-15(3,4)14(16)19/h5-7,12,17-18H,8-9H2,1-4H3,(H2,16,19). The molecule has 5 nitrogen and oxygen atoms in total. The van der Waals surface area contributed by atoms with Crippen LogP contribution in [0.5, 0.6) is 5.75 Å². The van der Waals surface area contributed by atoms with Gasteiger partial charge >= 0.3 is 0 Å². The highest BCUT2D eigenvalue weighted by atomic mass is 16.5. The maximum atomic E-state index is 11.1. The predicted octanol–water partition coefficient (Wildman–Crippen LogP) is 0.897. The van der Waals surface area contributed by atoms with Crippen LogP contribution in [0.2, 0.25) is 0 Å². The summed E-state index contributed by atoms with van der Waals surface area (Å²) >= 11 is 0. The summed E-state index contributed by atoms with van der Waals surface area (Å²) in [6, 6.07) is 5.92. The van der Waals surface area contributed by atoms with Crippen molar-refractivity contribution in [1.82, 2.24) is 5.32 Å². The minimum Gasteiger partial charge on any atom is -0.491 e. The Hall–Kier alpha value is -1.59. The molecule has 0 aromatic heterocycles. The molecule has 0 saturated carbocycles. The van der Waals surface area contributed by atoms with E-state index in [1.54, 1.807) is 13.8 Å². The molecular formula is C15H24N2O3. The smallest absolute Gasteiger partial charge is 0.237 e. The molecule has 1 atom stereocenters. The quantitative estimate of drug-likeness (QED) is 0.692. The summed E-state index contributed by atoms with van der Waals surface area (Å²) in [4.78, 5) is 11.1. The Balaban J connectivity index is 2.46. The molecule has 20 heavy (non-hydrogen) atoms. The molecule has 0 aliphatic carbocycles. The third kappa shape index (κ3) is 4.83. The number of carbonyl (C=O) groups excluding carboxylic acids is 1. The minimum absolute atomic E-state index is 0.159. The summed E-state index contributed by atoms with van der Waals surface area (Å²) in [5, 5.41) is 12.8. The molecule has 5 heteroatoms. The van der Waals surface area contributed by atoms with Crippen molar-refractivity contribution >= 4 is 5.91 Å². The van der Waals surface area contributed by atoms with Gasteiger partial charge in [-0.1, -0.05) is 12.1 Å². The van der Waals surface area contributed by atoms with Crippen molar-refractivity contribution < 1.29 is 14.6 Å². The SMILES string of the molecule is Cc1ccc(C)c(OCC(O)CNC(C)(C)C(N)=O)c1. The van der Waals surface area contributed by atoms with Crippen LogP contribution in [-0.2, 0) is 4.79 Å². The molecule has 0 fully saturated rings. The molecule has 1 aromatic carbocycles. The Kier molecular flexibility index (Phi) is 5.53. The minimum atomic E-state index is -0.847. The second-order valence-corrected chi connectivity index (χ2v) is 5.60. The van der Waals surface area contributed by atoms with E-state index in [0.717, 1.165) is 16.9 Å². The largest absolute Gasteiger partial charge is 0.491 e. The van der Waals surface area contributed by atoms with Crippen molar-refractivity contribution in [2.24, 2.45) is 5.73 Å². The summed E-state index contributed by atoms with van der Waals surface area (Å²) in [6.45, 7) is 7.68. The van der Waals surface area contributed by atoms with Gasteiger partial charge in [0.1, 0.15) is 18.5 Å². The second kappa shape index (κ2) is 6.72. The Morgan fingerprint density at radius 2 is 2.10 bits per heavy atom. The number of hydrogen-bond acceptors (Lipinski definition) is 4. The monoisotopic (exact) mass is 280 g/mol. The molecule has 1 amide bonds. The lowest BCUT2D eigenvalue weighted by atomic mass is 10.1. The van der Waals surface area contributed by atoms with Crippen molar-refractivity contribution in [2.75, 3.05) is 13.2 Å². The number of aryl methyl sites for hydroxylation is 2. The van der Waals surface area contributed by atoms with Crippen LogP contribution in [0.4, 0.5) is 0 Å². The van der Waals surface area contributed by atoms with E-state index in [0.29, 0.717) is 0 Å². The molecule has 0 saturated heterocycles. The second-order valence-electron chi connectivity index (χ2n) is 5.60. The summed E-state index contributed by atoms with van der Waals surface area (Å²) in [6.07, 6.45) is -0.714. The number of nitrogens with one attached hydrogen (secondary N) is 1. The first-order valence-electron chi connectivity index (χ1n) is 6.65. The van der Waals surface area contributed by atoms with Crippen molar-refractivity contribution in [3.8, 4) is 5.75 Å². The van der Waals surface area contributed by atoms with E-state index < -0.39 is 17.6 Å². The molecule has 1 rings (SSSR count). The first-order chi connectivity index (χ1) is 9.22. The maximum absolute atomic E-state index is 11.1. The molecule has 0 aliphatic heterocycles. The number of carbonyl (C=O) groups is 1. The number of β-amino-alcohol motifs (C(OH)–C–C–N with tert-alkyl or cyclic N) is 1. The highest BCUT2D eigenvalue weighted by Crippen LogP contribution is 2.19. The van der Waals surface area contributed by atoms with Gasteiger partial charge in [0.2, 0.25) is 5.91 Å². The van der Waals surface area contributed by atoms with Crippen molar-refractivity contribution in [3.05, 3.63) is 29.3 Å². The Morgan fingerprint density at radius 3 is 2.70 bits per heavy atom. The molecule has 0 spiro atoms. The van der Waals surface area contributed by atoms with Crippen molar-refractivity contribution in [3.63, 3.8) is 0 Å². The highest BCUT2D eigenvalue weighted by Gasteiger charge is 2.24. The van der Waals surface area contributed by atoms with Gasteiger partial charge in [-0.3, -0.25) is 4.79 Å². The van der Waals surface area contributed by atoms with Crippen molar-refractivity contribution in [1.29, 1.82) is 0 Å². The molecule has 4 N–H and O–H groups in total. The summed E-state index contributed by atoms with van der Waals surface area (Å²) in [7, 11) is 0. The normalized spacial score (nSPS) is 13.1. The average molecular weight is 280 g/mol. The van der Waals surface area contributed by atoms with E-state index in [4.69, 9.17) is 10.5 Å². The number of aliphatic hydroxyl groups excluding tert-OH is 1. The lowest BCUT2D eigenvalue weighted by Gasteiger charge is -2.24. The van der Waals surface area contributed by atoms with E-state index >= 15 is 0 Å². The van der Waals surface area contributed by atoms with Crippen LogP contribution in [0.1, 0.15) is 25.0 Å². The molecule has 0 bridgehead atoms. The molecular weight excluding hydrogens is 256 g/mol. The van der Waals surface area contributed by atoms with Crippen LogP contribution >= 0.6 is 0 Å². The van der Waals surface area contributed by atoms with E-state index in [-0.39, 0.29) is 13.2 Å². The van der Waals surface area contributed by atoms with Gasteiger partial charge in [-0.05, 0) is 44.9 Å². The van der Waals surface area contributed by atoms with E-state index in [1.165, 1.54) is 0 Å². The summed E-state index contributed by atoms with van der Waals surface area (Å²) in [5.41, 5.74) is 6.52. The number of benzene rings is 1. The first-order valence-corrected chi connectivity index (χ1v) is 6.65. The maximum Gasteiger partial charge on any atom is 0.237 e. The number of hydrogen-bond donors (Lipinski definition) is 3. The fraction of sp³-hybridized carbons (Fsp3) is 0.533. The van der Waals surface area contributed by atoms with Gasteiger partial charge in [-0.25, -0.2) is 0 Å². The number of nitrogens with two attached hydrogens (primary N) is 1. The number of aliphatic hydroxyl groups is 1. The molecule has 0 radical (unpaired) electrons. The highest BCUT2D eigenvalue weighted by molar-refractivity contribution is 5.83. The third-order valence-electron chi connectivity index (χ3n) is 3.17. The molecule has 112 valence electrons. The molecule has 1 aromatic rings. The van der Waals surface area contributed by atoms with E-state index in [9.17, 15) is 9.90 Å². The Bertz CT molecular complexity index is 472. The summed E-state index contributed by atoms with van der Waals surface area (Å²) in [5.74, 6) is 0.304. The van der Waals surface area contributed by atoms with Gasteiger partial charge in [0, 0.05) is 6.54 Å². The molecule has 0 heterocycles. The fourth-order valence-electron chi connectivity index (χ4n) is 1.57. The van der Waals surface area contributed by atoms with Crippen LogP contribution in [0.15, 0.2) is 18.2 Å². The first kappa shape index (κ1) is 16.5. The number of ether oxygens (including phenoxy) is 1. The van der Waals surface area contributed by atoms with Crippen LogP contribution in [0, 0.1) is 13.8 Å². The number of primary amides is 1. The zero-order valence-electron chi connectivity index (χ0n) is 12.6. The topological polar surface area (TPSA) is 84.6 Å². The Labute approximate surface area is 120 Å². The van der Waals surface area contributed by atoms with Gasteiger partial charge in [0.15, 0.2) is 0 Å². The summed E-state index contributed by atoms with van der Waals surface area (Å²) < 4.78 is 5.60. The molecule has 1 unspecified atom stereocenters. The van der Waals surface area contributed by atoms with Crippen LogP contribution in [-0.4, -0.2) is 35.8 Å². The fourth-order valence-corrected chi connectivity index (χ4v) is 1.57. The van der Waals surface area contributed by atoms with Gasteiger partial charge in [-0.15, -0.1) is 0 Å². The average Bonchev–Trinajstić information content (AvgIpc) is 2.37. The van der Waals surface area contributed by atoms with Gasteiger partial charge < -0.3 is 20.9 Å². The predicted molar refractivity (Wildman–Crippen MR) is 78.7 cm³/mol. The third-order valence-corrected chi connectivity index (χ3v) is 3.17. The van der Waals surface area contributed by atoms with Crippen LogP contribution < -0.4 is 15.8 Å². The zero-order chi connectivity index (χ0) is 15.3. The van der Waals surface area contributed by atoms with Crippen LogP contribution in [0.25, 0.3) is 0 Å². The Morgan fingerprint density at radius 1 is 1.45 bits per heavy atom. The van der Waals surface area contributed by atoms with Gasteiger partial charge in [0.05, 0.1) is 5.54 Å². The number of rotatable bonds is 7. The van der Waals surface area contributed by atoms with E-state index in [2.05, 4.69) is 5.32 Å². The van der Waals surface area contributed by atoms with Crippen LogP contribution in [0.3, 0.4) is 0 Å². The van der Waals surface area contributed by atoms with E-state index in [1.807, 2.05) is 32.0 Å². The lowest BCUT2D eigenvalue weighted by molar-refractivity contribution is -0.123.